The predicted octanol–water partition coefficient (Wildman–Crippen LogP) is 0.304. The van der Waals surface area contributed by atoms with Gasteiger partial charge in [-0.1, -0.05) is 19.3 Å². The fourth-order valence-corrected chi connectivity index (χ4v) is 4.77. The van der Waals surface area contributed by atoms with E-state index in [1.807, 2.05) is 0 Å². The number of nitrogens with zero attached hydrogens (tertiary/aromatic N) is 2. The van der Waals surface area contributed by atoms with E-state index in [1.54, 1.807) is 0 Å². The molecule has 0 spiro atoms. The molecule has 25 heavy (non-hydrogen) atoms. The quantitative estimate of drug-likeness (QED) is 0.532. The molecule has 3 aliphatic rings. The number of nitrogens with one attached hydrogen (secondary N) is 1. The molecule has 0 unspecified atom stereocenters. The Morgan fingerprint density at radius 3 is 2.12 bits per heavy atom. The highest BCUT2D eigenvalue weighted by Gasteiger charge is 2.34. The van der Waals surface area contributed by atoms with Crippen molar-refractivity contribution in [2.45, 2.75) is 69.3 Å². The maximum absolute atomic E-state index is 9.83. The van der Waals surface area contributed by atoms with Crippen molar-refractivity contribution >= 4 is 17.3 Å². The van der Waals surface area contributed by atoms with Crippen LogP contribution < -0.4 is 5.32 Å². The SMILES string of the molecule is O[C@H]1[C@H](O)CN(CC2CCN(C(=S)NC3CCCCC3)CC2)C[C@@H]1O. The van der Waals surface area contributed by atoms with Crippen LogP contribution in [-0.4, -0.2) is 87.3 Å². The zero-order valence-corrected chi connectivity index (χ0v) is 15.8. The monoisotopic (exact) mass is 371 g/mol. The van der Waals surface area contributed by atoms with Gasteiger partial charge in [-0.05, 0) is 43.8 Å². The Labute approximate surface area is 156 Å². The van der Waals surface area contributed by atoms with Crippen molar-refractivity contribution in [3.05, 3.63) is 0 Å². The second kappa shape index (κ2) is 8.95. The number of likely N-dealkylation sites (tertiary alicyclic amines) is 2. The lowest BCUT2D eigenvalue weighted by molar-refractivity contribution is -0.112. The number of hydrogen-bond acceptors (Lipinski definition) is 5. The van der Waals surface area contributed by atoms with E-state index >= 15 is 0 Å². The first kappa shape index (κ1) is 19.3. The minimum absolute atomic E-state index is 0.445. The van der Waals surface area contributed by atoms with Crippen LogP contribution in [0.1, 0.15) is 44.9 Å². The van der Waals surface area contributed by atoms with Gasteiger partial charge in [0, 0.05) is 38.8 Å². The first-order valence-electron chi connectivity index (χ1n) is 9.85. The third-order valence-electron chi connectivity index (χ3n) is 6.03. The van der Waals surface area contributed by atoms with Crippen molar-refractivity contribution in [1.82, 2.24) is 15.1 Å². The molecule has 0 bridgehead atoms. The Kier molecular flexibility index (Phi) is 6.91. The number of piperidine rings is 2. The summed E-state index contributed by atoms with van der Waals surface area (Å²) in [7, 11) is 0. The number of rotatable bonds is 3. The topological polar surface area (TPSA) is 79.2 Å². The largest absolute Gasteiger partial charge is 0.389 e. The van der Waals surface area contributed by atoms with Crippen molar-refractivity contribution in [3.63, 3.8) is 0 Å². The van der Waals surface area contributed by atoms with Gasteiger partial charge in [-0.3, -0.25) is 4.90 Å². The summed E-state index contributed by atoms with van der Waals surface area (Å²) < 4.78 is 0. The van der Waals surface area contributed by atoms with E-state index in [1.165, 1.54) is 32.1 Å². The van der Waals surface area contributed by atoms with Gasteiger partial charge in [0.2, 0.25) is 0 Å². The number of thiocarbonyl (C=S) groups is 1. The van der Waals surface area contributed by atoms with Gasteiger partial charge < -0.3 is 25.5 Å². The third kappa shape index (κ3) is 5.26. The molecule has 144 valence electrons. The smallest absolute Gasteiger partial charge is 0.169 e. The molecule has 2 aliphatic heterocycles. The van der Waals surface area contributed by atoms with Gasteiger partial charge in [-0.2, -0.15) is 0 Å². The molecule has 3 rings (SSSR count). The zero-order chi connectivity index (χ0) is 17.8. The summed E-state index contributed by atoms with van der Waals surface area (Å²) in [4.78, 5) is 4.38. The van der Waals surface area contributed by atoms with E-state index in [9.17, 15) is 15.3 Å². The van der Waals surface area contributed by atoms with Crippen LogP contribution in [0.15, 0.2) is 0 Å². The second-order valence-corrected chi connectivity index (χ2v) is 8.45. The molecular formula is C18H33N3O3S. The van der Waals surface area contributed by atoms with Crippen molar-refractivity contribution in [3.8, 4) is 0 Å². The molecule has 0 amide bonds. The highest BCUT2D eigenvalue weighted by atomic mass is 32.1. The van der Waals surface area contributed by atoms with Gasteiger partial charge in [-0.25, -0.2) is 0 Å². The fraction of sp³-hybridized carbons (Fsp3) is 0.944. The lowest BCUT2D eigenvalue weighted by Gasteiger charge is -2.41. The van der Waals surface area contributed by atoms with E-state index in [0.29, 0.717) is 25.0 Å². The van der Waals surface area contributed by atoms with E-state index in [0.717, 1.165) is 37.6 Å². The minimum atomic E-state index is -1.01. The Bertz CT molecular complexity index is 427. The lowest BCUT2D eigenvalue weighted by Crippen LogP contribution is -2.56. The Hall–Kier alpha value is -0.470. The minimum Gasteiger partial charge on any atom is -0.389 e. The molecule has 2 heterocycles. The predicted molar refractivity (Wildman–Crippen MR) is 101 cm³/mol. The zero-order valence-electron chi connectivity index (χ0n) is 15.0. The van der Waals surface area contributed by atoms with E-state index in [-0.39, 0.29) is 0 Å². The van der Waals surface area contributed by atoms with Gasteiger partial charge in [0.05, 0.1) is 12.2 Å². The van der Waals surface area contributed by atoms with Gasteiger partial charge in [0.15, 0.2) is 5.11 Å². The fourth-order valence-electron chi connectivity index (χ4n) is 4.42. The number of aliphatic hydroxyl groups is 3. The van der Waals surface area contributed by atoms with Crippen LogP contribution in [0, 0.1) is 5.92 Å². The lowest BCUT2D eigenvalue weighted by atomic mass is 9.94. The molecule has 6 nitrogen and oxygen atoms in total. The Morgan fingerprint density at radius 2 is 1.52 bits per heavy atom. The van der Waals surface area contributed by atoms with Crippen LogP contribution >= 0.6 is 12.2 Å². The third-order valence-corrected chi connectivity index (χ3v) is 6.41. The summed E-state index contributed by atoms with van der Waals surface area (Å²) in [5, 5.41) is 33.8. The maximum Gasteiger partial charge on any atom is 0.169 e. The summed E-state index contributed by atoms with van der Waals surface area (Å²) >= 11 is 5.61. The van der Waals surface area contributed by atoms with Crippen molar-refractivity contribution in [2.75, 3.05) is 32.7 Å². The molecule has 2 saturated heterocycles. The second-order valence-electron chi connectivity index (χ2n) is 8.06. The normalized spacial score (nSPS) is 33.4. The number of hydrogen-bond donors (Lipinski definition) is 4. The number of β-amino-alcohol motifs (C(OH)–C–C–N with tert-alkyl or cyclic N) is 2. The average Bonchev–Trinajstić information content (AvgIpc) is 2.61. The van der Waals surface area contributed by atoms with Gasteiger partial charge >= 0.3 is 0 Å². The molecule has 1 aliphatic carbocycles. The highest BCUT2D eigenvalue weighted by molar-refractivity contribution is 7.80. The van der Waals surface area contributed by atoms with Crippen LogP contribution in [0.2, 0.25) is 0 Å². The van der Waals surface area contributed by atoms with E-state index < -0.39 is 18.3 Å². The average molecular weight is 372 g/mol. The molecule has 7 heteroatoms. The first-order valence-corrected chi connectivity index (χ1v) is 10.3. The summed E-state index contributed by atoms with van der Waals surface area (Å²) in [5.74, 6) is 0.559. The number of aliphatic hydroxyl groups excluding tert-OH is 3. The summed E-state index contributed by atoms with van der Waals surface area (Å²) in [6.07, 6.45) is 5.90. The molecule has 0 aromatic heterocycles. The molecular weight excluding hydrogens is 338 g/mol. The van der Waals surface area contributed by atoms with Crippen LogP contribution in [0.5, 0.6) is 0 Å². The van der Waals surface area contributed by atoms with Crippen molar-refractivity contribution in [2.24, 2.45) is 5.92 Å². The van der Waals surface area contributed by atoms with Crippen LogP contribution in [-0.2, 0) is 0 Å². The standard InChI is InChI=1S/C18H33N3O3S/c22-15-11-20(12-16(23)17(15)24)10-13-6-8-21(9-7-13)18(25)19-14-4-2-1-3-5-14/h13-17,22-24H,1-12H2,(H,19,25)/t15-,16+,17+. The molecule has 4 N–H and O–H groups in total. The molecule has 3 fully saturated rings. The van der Waals surface area contributed by atoms with Crippen LogP contribution in [0.4, 0.5) is 0 Å². The Morgan fingerprint density at radius 1 is 0.920 bits per heavy atom. The van der Waals surface area contributed by atoms with Gasteiger partial charge in [0.25, 0.3) is 0 Å². The Balaban J connectivity index is 1.39. The van der Waals surface area contributed by atoms with Crippen molar-refractivity contribution in [1.29, 1.82) is 0 Å². The van der Waals surface area contributed by atoms with E-state index in [4.69, 9.17) is 12.2 Å². The van der Waals surface area contributed by atoms with Crippen LogP contribution in [0.25, 0.3) is 0 Å². The maximum atomic E-state index is 9.83. The van der Waals surface area contributed by atoms with E-state index in [2.05, 4.69) is 15.1 Å². The molecule has 3 atom stereocenters. The molecule has 0 aromatic rings. The van der Waals surface area contributed by atoms with Crippen molar-refractivity contribution < 1.29 is 15.3 Å². The summed E-state index contributed by atoms with van der Waals surface area (Å²) in [5.41, 5.74) is 0. The van der Waals surface area contributed by atoms with Gasteiger partial charge in [-0.15, -0.1) is 0 Å². The molecule has 1 saturated carbocycles. The summed E-state index contributed by atoms with van der Waals surface area (Å²) in [6.45, 7) is 3.72. The van der Waals surface area contributed by atoms with Crippen LogP contribution in [0.3, 0.4) is 0 Å². The molecule has 0 aromatic carbocycles. The summed E-state index contributed by atoms with van der Waals surface area (Å²) in [6, 6.07) is 0.557. The van der Waals surface area contributed by atoms with Gasteiger partial charge in [0.1, 0.15) is 6.10 Å². The molecule has 0 radical (unpaired) electrons. The highest BCUT2D eigenvalue weighted by Crippen LogP contribution is 2.22. The first-order chi connectivity index (χ1) is 12.0.